The summed E-state index contributed by atoms with van der Waals surface area (Å²) in [6, 6.07) is 11.4. The Kier molecular flexibility index (Phi) is 5.26. The summed E-state index contributed by atoms with van der Waals surface area (Å²) < 4.78 is 17.9. The maximum Gasteiger partial charge on any atom is 0.257 e. The molecule has 1 aliphatic rings. The molecule has 0 bridgehead atoms. The molecule has 1 amide bonds. The van der Waals surface area contributed by atoms with Gasteiger partial charge in [-0.3, -0.25) is 4.79 Å². The molecule has 5 rings (SSSR count). The van der Waals surface area contributed by atoms with Gasteiger partial charge in [-0.05, 0) is 37.1 Å². The van der Waals surface area contributed by atoms with Crippen molar-refractivity contribution in [2.75, 3.05) is 27.3 Å². The molecule has 1 fully saturated rings. The van der Waals surface area contributed by atoms with Crippen molar-refractivity contribution in [3.63, 3.8) is 0 Å². The van der Waals surface area contributed by atoms with E-state index in [-0.39, 0.29) is 11.8 Å². The third-order valence-electron chi connectivity index (χ3n) is 5.90. The molecule has 164 valence electrons. The Morgan fingerprint density at radius 3 is 2.84 bits per heavy atom. The van der Waals surface area contributed by atoms with Gasteiger partial charge in [-0.15, -0.1) is 0 Å². The Balaban J connectivity index is 1.43. The van der Waals surface area contributed by atoms with E-state index in [1.54, 1.807) is 24.8 Å². The number of methoxy groups -OCH3 is 2. The summed E-state index contributed by atoms with van der Waals surface area (Å²) in [5.41, 5.74) is 3.21. The van der Waals surface area contributed by atoms with Crippen molar-refractivity contribution in [1.29, 1.82) is 0 Å². The maximum atomic E-state index is 12.7. The number of nitrogens with zero attached hydrogens (tertiary/aromatic N) is 4. The van der Waals surface area contributed by atoms with E-state index in [0.717, 1.165) is 42.0 Å². The van der Waals surface area contributed by atoms with E-state index in [9.17, 15) is 4.79 Å². The monoisotopic (exact) mass is 432 g/mol. The lowest BCUT2D eigenvalue weighted by Gasteiger charge is -2.31. The molecular weight excluding hydrogens is 408 g/mol. The van der Waals surface area contributed by atoms with Crippen LogP contribution in [0.3, 0.4) is 0 Å². The van der Waals surface area contributed by atoms with Crippen LogP contribution in [0, 0.1) is 0 Å². The number of aromatic nitrogens is 3. The van der Waals surface area contributed by atoms with Gasteiger partial charge in [-0.25, -0.2) is 9.50 Å². The van der Waals surface area contributed by atoms with Crippen LogP contribution in [0.1, 0.15) is 34.9 Å². The molecule has 0 N–H and O–H groups in total. The highest BCUT2D eigenvalue weighted by Crippen LogP contribution is 2.37. The zero-order valence-electron chi connectivity index (χ0n) is 18.0. The quantitative estimate of drug-likeness (QED) is 0.474. The fourth-order valence-electron chi connectivity index (χ4n) is 4.29. The molecule has 0 saturated carbocycles. The number of piperidine rings is 1. The van der Waals surface area contributed by atoms with E-state index in [4.69, 9.17) is 24.0 Å². The van der Waals surface area contributed by atoms with Crippen LogP contribution in [0.4, 0.5) is 0 Å². The summed E-state index contributed by atoms with van der Waals surface area (Å²) >= 11 is 0. The van der Waals surface area contributed by atoms with Crippen LogP contribution in [0.5, 0.6) is 11.5 Å². The molecule has 4 aromatic rings. The van der Waals surface area contributed by atoms with Gasteiger partial charge in [0.05, 0.1) is 26.0 Å². The third-order valence-corrected chi connectivity index (χ3v) is 5.90. The molecular formula is C24H24N4O4. The molecule has 1 atom stereocenters. The maximum absolute atomic E-state index is 12.7. The summed E-state index contributed by atoms with van der Waals surface area (Å²) in [7, 11) is 3.26. The summed E-state index contributed by atoms with van der Waals surface area (Å²) in [4.78, 5) is 19.3. The minimum Gasteiger partial charge on any atom is -0.493 e. The van der Waals surface area contributed by atoms with E-state index in [1.807, 2.05) is 41.4 Å². The predicted octanol–water partition coefficient (Wildman–Crippen LogP) is 4.03. The van der Waals surface area contributed by atoms with Crippen LogP contribution in [0.15, 0.2) is 59.5 Å². The van der Waals surface area contributed by atoms with E-state index in [0.29, 0.717) is 23.6 Å². The lowest BCUT2D eigenvalue weighted by atomic mass is 9.97. The number of carbonyl (C=O) groups excluding carboxylic acids is 1. The summed E-state index contributed by atoms with van der Waals surface area (Å²) in [6.07, 6.45) is 6.82. The summed E-state index contributed by atoms with van der Waals surface area (Å²) in [5, 5.41) is 4.75. The number of amides is 1. The fraction of sp³-hybridized carbons (Fsp3) is 0.292. The zero-order chi connectivity index (χ0) is 22.1. The highest BCUT2D eigenvalue weighted by Gasteiger charge is 2.28. The van der Waals surface area contributed by atoms with E-state index in [2.05, 4.69) is 0 Å². The minimum atomic E-state index is -0.0142. The van der Waals surface area contributed by atoms with Crippen LogP contribution in [-0.4, -0.2) is 52.7 Å². The molecule has 0 aliphatic carbocycles. The molecule has 3 aromatic heterocycles. The molecule has 1 saturated heterocycles. The first-order valence-electron chi connectivity index (χ1n) is 10.6. The van der Waals surface area contributed by atoms with Crippen LogP contribution >= 0.6 is 0 Å². The molecule has 0 spiro atoms. The molecule has 1 aromatic carbocycles. The number of rotatable bonds is 5. The zero-order valence-corrected chi connectivity index (χ0v) is 18.0. The number of hydrogen-bond donors (Lipinski definition) is 0. The normalized spacial score (nSPS) is 16.3. The average molecular weight is 432 g/mol. The number of para-hydroxylation sites is 1. The number of fused-ring (bicyclic) bond motifs is 1. The lowest BCUT2D eigenvalue weighted by Crippen LogP contribution is -2.39. The number of carbonyl (C=O) groups is 1. The number of ether oxygens (including phenoxy) is 2. The third kappa shape index (κ3) is 3.57. The van der Waals surface area contributed by atoms with Crippen molar-refractivity contribution in [3.05, 3.63) is 66.5 Å². The number of hydrogen-bond acceptors (Lipinski definition) is 6. The second-order valence-corrected chi connectivity index (χ2v) is 7.83. The molecule has 0 unspecified atom stereocenters. The van der Waals surface area contributed by atoms with Crippen molar-refractivity contribution >= 4 is 11.6 Å². The van der Waals surface area contributed by atoms with Gasteiger partial charge in [-0.1, -0.05) is 12.1 Å². The van der Waals surface area contributed by atoms with Gasteiger partial charge in [0, 0.05) is 36.3 Å². The Bertz CT molecular complexity index is 1250. The Morgan fingerprint density at radius 2 is 2.06 bits per heavy atom. The second-order valence-electron chi connectivity index (χ2n) is 7.83. The molecule has 4 heterocycles. The topological polar surface area (TPSA) is 82.1 Å². The van der Waals surface area contributed by atoms with Gasteiger partial charge >= 0.3 is 0 Å². The van der Waals surface area contributed by atoms with Gasteiger partial charge < -0.3 is 18.8 Å². The highest BCUT2D eigenvalue weighted by molar-refractivity contribution is 5.93. The Hall–Kier alpha value is -3.81. The average Bonchev–Trinajstić information content (AvgIpc) is 3.53. The molecule has 0 radical (unpaired) electrons. The van der Waals surface area contributed by atoms with Crippen molar-refractivity contribution in [1.82, 2.24) is 19.5 Å². The number of benzene rings is 1. The highest BCUT2D eigenvalue weighted by atomic mass is 16.5. The van der Waals surface area contributed by atoms with Crippen LogP contribution in [-0.2, 0) is 0 Å². The molecule has 1 aliphatic heterocycles. The standard InChI is InChI=1S/C24H24N4O4/c1-30-20-7-3-6-19(22(20)31-2)16-8-9-21-25-23(26-28(21)14-16)17-5-4-11-27(13-17)24(29)18-10-12-32-15-18/h3,6-10,12,14-15,17H,4-5,11,13H2,1-2H3/t17-/m1/s1. The van der Waals surface area contributed by atoms with E-state index < -0.39 is 0 Å². The van der Waals surface area contributed by atoms with Gasteiger partial charge in [-0.2, -0.15) is 5.10 Å². The van der Waals surface area contributed by atoms with Crippen LogP contribution < -0.4 is 9.47 Å². The number of furan rings is 1. The van der Waals surface area contributed by atoms with Gasteiger partial charge in [0.25, 0.3) is 5.91 Å². The Morgan fingerprint density at radius 1 is 1.16 bits per heavy atom. The van der Waals surface area contributed by atoms with Gasteiger partial charge in [0.1, 0.15) is 6.26 Å². The largest absolute Gasteiger partial charge is 0.493 e. The lowest BCUT2D eigenvalue weighted by molar-refractivity contribution is 0.0704. The summed E-state index contributed by atoms with van der Waals surface area (Å²) in [6.45, 7) is 1.32. The van der Waals surface area contributed by atoms with Gasteiger partial charge in [0.2, 0.25) is 0 Å². The van der Waals surface area contributed by atoms with Crippen LogP contribution in [0.2, 0.25) is 0 Å². The van der Waals surface area contributed by atoms with E-state index in [1.165, 1.54) is 12.5 Å². The van der Waals surface area contributed by atoms with Crippen molar-refractivity contribution in [2.24, 2.45) is 0 Å². The second kappa shape index (κ2) is 8.37. The van der Waals surface area contributed by atoms with Crippen LogP contribution in [0.25, 0.3) is 16.8 Å². The smallest absolute Gasteiger partial charge is 0.257 e. The number of pyridine rings is 1. The molecule has 8 nitrogen and oxygen atoms in total. The van der Waals surface area contributed by atoms with Crippen molar-refractivity contribution in [2.45, 2.75) is 18.8 Å². The number of likely N-dealkylation sites (tertiary alicyclic amines) is 1. The predicted molar refractivity (Wildman–Crippen MR) is 118 cm³/mol. The van der Waals surface area contributed by atoms with Crippen molar-refractivity contribution < 1.29 is 18.7 Å². The van der Waals surface area contributed by atoms with E-state index >= 15 is 0 Å². The Labute approximate surface area is 185 Å². The van der Waals surface area contributed by atoms with Gasteiger partial charge in [0.15, 0.2) is 23.0 Å². The SMILES string of the molecule is COc1cccc(-c2ccc3nc([C@@H]4CCCN(C(=O)c5ccoc5)C4)nn3c2)c1OC. The first kappa shape index (κ1) is 20.1. The molecule has 32 heavy (non-hydrogen) atoms. The molecule has 8 heteroatoms. The minimum absolute atomic E-state index is 0.0142. The van der Waals surface area contributed by atoms with Crippen molar-refractivity contribution in [3.8, 4) is 22.6 Å². The fourth-order valence-corrected chi connectivity index (χ4v) is 4.29. The first-order valence-corrected chi connectivity index (χ1v) is 10.6. The first-order chi connectivity index (χ1) is 15.7. The summed E-state index contributed by atoms with van der Waals surface area (Å²) in [5.74, 6) is 2.18.